The molecule has 1 aliphatic rings. The molecule has 11 heteroatoms. The normalized spacial score (nSPS) is 15.8. The third-order valence-corrected chi connectivity index (χ3v) is 6.39. The van der Waals surface area contributed by atoms with E-state index in [-0.39, 0.29) is 16.3 Å². The maximum Gasteiger partial charge on any atom is 0.422 e. The molecule has 168 valence electrons. The van der Waals surface area contributed by atoms with E-state index in [9.17, 15) is 26.4 Å². The fourth-order valence-electron chi connectivity index (χ4n) is 3.03. The first-order valence-corrected chi connectivity index (χ1v) is 11.0. The zero-order valence-electron chi connectivity index (χ0n) is 16.4. The first-order chi connectivity index (χ1) is 14.6. The van der Waals surface area contributed by atoms with Crippen molar-refractivity contribution in [3.8, 4) is 5.75 Å². The highest BCUT2D eigenvalue weighted by Crippen LogP contribution is 2.31. The van der Waals surface area contributed by atoms with Gasteiger partial charge in [-0.15, -0.1) is 0 Å². The van der Waals surface area contributed by atoms with Crippen molar-refractivity contribution in [2.24, 2.45) is 0 Å². The Kier molecular flexibility index (Phi) is 7.06. The van der Waals surface area contributed by atoms with Crippen molar-refractivity contribution in [1.29, 1.82) is 0 Å². The van der Waals surface area contributed by atoms with Gasteiger partial charge in [0.2, 0.25) is 15.9 Å². The average molecular weight is 458 g/mol. The quantitative estimate of drug-likeness (QED) is 0.633. The minimum Gasteiger partial charge on any atom is -0.482 e. The van der Waals surface area contributed by atoms with Crippen molar-refractivity contribution in [3.63, 3.8) is 0 Å². The Morgan fingerprint density at radius 2 is 1.94 bits per heavy atom. The molecule has 0 unspecified atom stereocenters. The number of nitrogens with zero attached hydrogens (tertiary/aromatic N) is 1. The van der Waals surface area contributed by atoms with Crippen LogP contribution in [-0.2, 0) is 14.8 Å². The molecule has 0 spiro atoms. The molecule has 0 atom stereocenters. The van der Waals surface area contributed by atoms with Gasteiger partial charge in [0.15, 0.2) is 6.61 Å². The number of carbonyl (C=O) groups is 1. The van der Waals surface area contributed by atoms with Gasteiger partial charge in [0.25, 0.3) is 0 Å². The molecule has 31 heavy (non-hydrogen) atoms. The third kappa shape index (κ3) is 6.34. The minimum atomic E-state index is -4.60. The van der Waals surface area contributed by atoms with Crippen LogP contribution in [0.1, 0.15) is 25.0 Å². The summed E-state index contributed by atoms with van der Waals surface area (Å²) in [5.41, 5.74) is -0.184. The highest BCUT2D eigenvalue weighted by molar-refractivity contribution is 7.89. The fraction of sp³-hybridized carbons (Fsp3) is 0.350. The van der Waals surface area contributed by atoms with Gasteiger partial charge in [0.05, 0.1) is 16.8 Å². The fourth-order valence-corrected chi connectivity index (χ4v) is 4.57. The van der Waals surface area contributed by atoms with E-state index < -0.39 is 28.7 Å². The van der Waals surface area contributed by atoms with Crippen LogP contribution >= 0.6 is 0 Å². The zero-order chi connectivity index (χ0) is 22.5. The third-order valence-electron chi connectivity index (χ3n) is 4.50. The van der Waals surface area contributed by atoms with Gasteiger partial charge in [0.1, 0.15) is 11.5 Å². The Bertz CT molecular complexity index is 1030. The molecule has 0 bridgehead atoms. The molecule has 0 radical (unpaired) electrons. The topological polar surface area (TPSA) is 88.8 Å². The zero-order valence-corrected chi connectivity index (χ0v) is 17.2. The summed E-state index contributed by atoms with van der Waals surface area (Å²) in [4.78, 5) is 12.1. The van der Waals surface area contributed by atoms with Crippen LogP contribution in [0.3, 0.4) is 0 Å². The standard InChI is InChI=1S/C20H21F3N2O5S/c21-20(22,23)14-30-18-8-7-16(31(27,28)25-10-2-1-3-11-25)13-17(18)24-19(26)9-6-15-5-4-12-29-15/h4-9,12-13H,1-3,10-11,14H2,(H,24,26)/b9-6+. The summed E-state index contributed by atoms with van der Waals surface area (Å²) < 4.78 is 74.7. The number of amides is 1. The van der Waals surface area contributed by atoms with E-state index in [4.69, 9.17) is 9.15 Å². The van der Waals surface area contributed by atoms with E-state index in [1.165, 1.54) is 22.7 Å². The molecule has 7 nitrogen and oxygen atoms in total. The molecule has 1 fully saturated rings. The second-order valence-electron chi connectivity index (χ2n) is 6.86. The Hall–Kier alpha value is -2.79. The van der Waals surface area contributed by atoms with Gasteiger partial charge >= 0.3 is 6.18 Å². The van der Waals surface area contributed by atoms with Crippen molar-refractivity contribution < 1.29 is 35.5 Å². The Morgan fingerprint density at radius 3 is 2.58 bits per heavy atom. The van der Waals surface area contributed by atoms with E-state index in [1.807, 2.05) is 0 Å². The van der Waals surface area contributed by atoms with Crippen molar-refractivity contribution >= 4 is 27.7 Å². The maximum atomic E-state index is 12.9. The molecule has 3 rings (SSSR count). The van der Waals surface area contributed by atoms with E-state index in [1.54, 1.807) is 12.1 Å². The van der Waals surface area contributed by atoms with Crippen LogP contribution in [0.5, 0.6) is 5.75 Å². The summed E-state index contributed by atoms with van der Waals surface area (Å²) in [5, 5.41) is 2.38. The Balaban J connectivity index is 1.86. The number of carbonyl (C=O) groups excluding carboxylic acids is 1. The molecule has 1 aromatic carbocycles. The molecule has 2 aromatic rings. The Morgan fingerprint density at radius 1 is 1.19 bits per heavy atom. The lowest BCUT2D eigenvalue weighted by Crippen LogP contribution is -2.35. The van der Waals surface area contributed by atoms with Crippen molar-refractivity contribution in [2.75, 3.05) is 25.0 Å². The van der Waals surface area contributed by atoms with Crippen LogP contribution < -0.4 is 10.1 Å². The van der Waals surface area contributed by atoms with Gasteiger partial charge in [-0.05, 0) is 49.2 Å². The van der Waals surface area contributed by atoms with Crippen molar-refractivity contribution in [1.82, 2.24) is 4.31 Å². The number of sulfonamides is 1. The molecule has 1 saturated heterocycles. The number of piperidine rings is 1. The summed E-state index contributed by atoms with van der Waals surface area (Å²) >= 11 is 0. The van der Waals surface area contributed by atoms with Gasteiger partial charge in [-0.2, -0.15) is 17.5 Å². The van der Waals surface area contributed by atoms with Crippen LogP contribution in [0, 0.1) is 0 Å². The number of benzene rings is 1. The smallest absolute Gasteiger partial charge is 0.422 e. The summed E-state index contributed by atoms with van der Waals surface area (Å²) in [5.74, 6) is -0.597. The minimum absolute atomic E-state index is 0.140. The average Bonchev–Trinajstić information content (AvgIpc) is 3.25. The second kappa shape index (κ2) is 9.56. The number of halogens is 3. The first kappa shape index (κ1) is 22.9. The number of rotatable bonds is 7. The largest absolute Gasteiger partial charge is 0.482 e. The highest BCUT2D eigenvalue weighted by atomic mass is 32.2. The summed E-state index contributed by atoms with van der Waals surface area (Å²) in [6, 6.07) is 6.61. The molecule has 1 aromatic heterocycles. The number of furan rings is 1. The molecule has 1 N–H and O–H groups in total. The van der Waals surface area contributed by atoms with Gasteiger partial charge in [0, 0.05) is 19.2 Å². The monoisotopic (exact) mass is 458 g/mol. The number of ether oxygens (including phenoxy) is 1. The Labute approximate surface area is 177 Å². The van der Waals surface area contributed by atoms with Crippen LogP contribution in [0.15, 0.2) is 52.0 Å². The first-order valence-electron chi connectivity index (χ1n) is 9.51. The lowest BCUT2D eigenvalue weighted by Gasteiger charge is -2.26. The van der Waals surface area contributed by atoms with Crippen molar-refractivity contribution in [3.05, 3.63) is 48.4 Å². The number of anilines is 1. The molecular formula is C20H21F3N2O5S. The molecule has 0 saturated carbocycles. The van der Waals surface area contributed by atoms with Gasteiger partial charge in [-0.1, -0.05) is 6.42 Å². The van der Waals surface area contributed by atoms with Gasteiger partial charge in [-0.25, -0.2) is 8.42 Å². The van der Waals surface area contributed by atoms with Crippen LogP contribution in [0.2, 0.25) is 0 Å². The van der Waals surface area contributed by atoms with E-state index in [0.29, 0.717) is 18.8 Å². The predicted octanol–water partition coefficient (Wildman–Crippen LogP) is 4.05. The molecule has 1 amide bonds. The lowest BCUT2D eigenvalue weighted by atomic mass is 10.2. The molecular weight excluding hydrogens is 437 g/mol. The van der Waals surface area contributed by atoms with E-state index in [2.05, 4.69) is 5.32 Å². The SMILES string of the molecule is O=C(/C=C/c1ccco1)Nc1cc(S(=O)(=O)N2CCCCC2)ccc1OCC(F)(F)F. The van der Waals surface area contributed by atoms with Gasteiger partial charge < -0.3 is 14.5 Å². The van der Waals surface area contributed by atoms with Crippen LogP contribution in [-0.4, -0.2) is 44.5 Å². The molecule has 1 aliphatic heterocycles. The lowest BCUT2D eigenvalue weighted by molar-refractivity contribution is -0.153. The number of hydrogen-bond acceptors (Lipinski definition) is 5. The van der Waals surface area contributed by atoms with Crippen LogP contribution in [0.25, 0.3) is 6.08 Å². The summed E-state index contributed by atoms with van der Waals surface area (Å²) in [6.07, 6.45) is 1.67. The number of alkyl halides is 3. The summed E-state index contributed by atoms with van der Waals surface area (Å²) in [7, 11) is -3.86. The van der Waals surface area contributed by atoms with E-state index >= 15 is 0 Å². The predicted molar refractivity (Wildman–Crippen MR) is 107 cm³/mol. The second-order valence-corrected chi connectivity index (χ2v) is 8.80. The molecule has 0 aliphatic carbocycles. The highest BCUT2D eigenvalue weighted by Gasteiger charge is 2.30. The maximum absolute atomic E-state index is 12.9. The molecule has 2 heterocycles. The number of hydrogen-bond donors (Lipinski definition) is 1. The number of nitrogens with one attached hydrogen (secondary N) is 1. The van der Waals surface area contributed by atoms with E-state index in [0.717, 1.165) is 37.5 Å². The summed E-state index contributed by atoms with van der Waals surface area (Å²) in [6.45, 7) is -0.860. The van der Waals surface area contributed by atoms with Crippen LogP contribution in [0.4, 0.5) is 18.9 Å². The van der Waals surface area contributed by atoms with Crippen molar-refractivity contribution in [2.45, 2.75) is 30.3 Å². The van der Waals surface area contributed by atoms with Gasteiger partial charge in [-0.3, -0.25) is 4.79 Å².